The van der Waals surface area contributed by atoms with Crippen molar-refractivity contribution in [1.29, 1.82) is 0 Å². The second kappa shape index (κ2) is 5.27. The van der Waals surface area contributed by atoms with Crippen molar-refractivity contribution in [3.05, 3.63) is 49.8 Å². The Hall–Kier alpha value is -0.420. The van der Waals surface area contributed by atoms with Crippen LogP contribution in [0.15, 0.2) is 34.4 Å². The molecule has 0 bridgehead atoms. The monoisotopic (exact) mass is 317 g/mol. The van der Waals surface area contributed by atoms with Crippen LogP contribution < -0.4 is 0 Å². The molecule has 0 saturated carbocycles. The van der Waals surface area contributed by atoms with Crippen molar-refractivity contribution in [2.45, 2.75) is 12.5 Å². The van der Waals surface area contributed by atoms with Crippen LogP contribution in [0.25, 0.3) is 0 Å². The highest BCUT2D eigenvalue weighted by Crippen LogP contribution is 2.26. The molecule has 1 N–H and O–H groups in total. The first-order chi connectivity index (χ1) is 7.65. The Morgan fingerprint density at radius 1 is 1.44 bits per heavy atom. The minimum absolute atomic E-state index is 0.546. The van der Waals surface area contributed by atoms with Crippen LogP contribution in [0.1, 0.15) is 16.5 Å². The lowest BCUT2D eigenvalue weighted by molar-refractivity contribution is 0.179. The first kappa shape index (κ1) is 12.0. The van der Waals surface area contributed by atoms with E-state index in [1.165, 1.54) is 11.3 Å². The number of halogens is 2. The maximum absolute atomic E-state index is 10.0. The predicted octanol–water partition coefficient (Wildman–Crippen LogP) is 3.84. The molecule has 84 valence electrons. The largest absolute Gasteiger partial charge is 0.388 e. The van der Waals surface area contributed by atoms with Gasteiger partial charge in [-0.2, -0.15) is 0 Å². The predicted molar refractivity (Wildman–Crippen MR) is 69.9 cm³/mol. The lowest BCUT2D eigenvalue weighted by atomic mass is 10.1. The lowest BCUT2D eigenvalue weighted by Gasteiger charge is -2.10. The molecular formula is C11H9BrClNOS. The van der Waals surface area contributed by atoms with E-state index in [2.05, 4.69) is 20.9 Å². The number of rotatable bonds is 3. The second-order valence-corrected chi connectivity index (χ2v) is 5.71. The van der Waals surface area contributed by atoms with Gasteiger partial charge in [0, 0.05) is 27.0 Å². The van der Waals surface area contributed by atoms with Crippen LogP contribution >= 0.6 is 38.9 Å². The summed E-state index contributed by atoms with van der Waals surface area (Å²) in [7, 11) is 0. The molecule has 0 aliphatic rings. The standard InChI is InChI=1S/C11H9BrClNOS/c12-8-1-7(2-9(13)3-8)11(15)4-10-5-14-6-16-10/h1-3,5-6,11,15H,4H2. The number of aromatic nitrogens is 1. The fourth-order valence-corrected chi connectivity index (χ4v) is 2.94. The molecular weight excluding hydrogens is 310 g/mol. The first-order valence-corrected chi connectivity index (χ1v) is 6.71. The zero-order valence-corrected chi connectivity index (χ0v) is 11.4. The Labute approximate surface area is 111 Å². The van der Waals surface area contributed by atoms with E-state index < -0.39 is 6.10 Å². The highest BCUT2D eigenvalue weighted by atomic mass is 79.9. The minimum Gasteiger partial charge on any atom is -0.388 e. The van der Waals surface area contributed by atoms with Gasteiger partial charge in [0.05, 0.1) is 11.6 Å². The molecule has 0 aliphatic heterocycles. The molecule has 1 unspecified atom stereocenters. The molecule has 0 saturated heterocycles. The maximum atomic E-state index is 10.0. The average molecular weight is 319 g/mol. The van der Waals surface area contributed by atoms with E-state index in [0.29, 0.717) is 11.4 Å². The minimum atomic E-state index is -0.546. The number of aliphatic hydroxyl groups is 1. The van der Waals surface area contributed by atoms with Crippen LogP contribution in [0.2, 0.25) is 5.02 Å². The maximum Gasteiger partial charge on any atom is 0.0839 e. The van der Waals surface area contributed by atoms with E-state index in [4.69, 9.17) is 11.6 Å². The molecule has 0 spiro atoms. The molecule has 2 rings (SSSR count). The summed E-state index contributed by atoms with van der Waals surface area (Å²) in [6.07, 6.45) is 1.79. The Balaban J connectivity index is 2.17. The van der Waals surface area contributed by atoms with Crippen molar-refractivity contribution >= 4 is 38.9 Å². The van der Waals surface area contributed by atoms with Gasteiger partial charge in [-0.15, -0.1) is 11.3 Å². The van der Waals surface area contributed by atoms with Gasteiger partial charge >= 0.3 is 0 Å². The van der Waals surface area contributed by atoms with Gasteiger partial charge in [-0.1, -0.05) is 27.5 Å². The molecule has 5 heteroatoms. The number of hydrogen-bond acceptors (Lipinski definition) is 3. The molecule has 2 aromatic rings. The molecule has 1 atom stereocenters. The average Bonchev–Trinajstić information content (AvgIpc) is 2.68. The third-order valence-electron chi connectivity index (χ3n) is 2.15. The van der Waals surface area contributed by atoms with Crippen molar-refractivity contribution in [3.63, 3.8) is 0 Å². The van der Waals surface area contributed by atoms with Gasteiger partial charge in [-0.05, 0) is 23.8 Å². The molecule has 1 aromatic carbocycles. The number of aliphatic hydroxyl groups excluding tert-OH is 1. The molecule has 0 radical (unpaired) electrons. The quantitative estimate of drug-likeness (QED) is 0.933. The van der Waals surface area contributed by atoms with Crippen molar-refractivity contribution in [2.75, 3.05) is 0 Å². The van der Waals surface area contributed by atoms with Gasteiger partial charge in [-0.3, -0.25) is 4.98 Å². The smallest absolute Gasteiger partial charge is 0.0839 e. The summed E-state index contributed by atoms with van der Waals surface area (Å²) in [4.78, 5) is 5.03. The van der Waals surface area contributed by atoms with Crippen LogP contribution in [-0.2, 0) is 6.42 Å². The SMILES string of the molecule is OC(Cc1cncs1)c1cc(Cl)cc(Br)c1. The lowest BCUT2D eigenvalue weighted by Crippen LogP contribution is -2.00. The molecule has 0 amide bonds. The Bertz CT molecular complexity index is 455. The summed E-state index contributed by atoms with van der Waals surface area (Å²) in [6.45, 7) is 0. The van der Waals surface area contributed by atoms with Gasteiger partial charge in [0.1, 0.15) is 0 Å². The molecule has 0 aliphatic carbocycles. The van der Waals surface area contributed by atoms with E-state index in [-0.39, 0.29) is 0 Å². The summed E-state index contributed by atoms with van der Waals surface area (Å²) in [5, 5.41) is 10.7. The van der Waals surface area contributed by atoms with Gasteiger partial charge in [0.25, 0.3) is 0 Å². The summed E-state index contributed by atoms with van der Waals surface area (Å²) in [6, 6.07) is 5.44. The van der Waals surface area contributed by atoms with Gasteiger partial charge in [-0.25, -0.2) is 0 Å². The summed E-state index contributed by atoms with van der Waals surface area (Å²) in [5.41, 5.74) is 2.57. The fourth-order valence-electron chi connectivity index (χ4n) is 1.42. The third kappa shape index (κ3) is 3.04. The van der Waals surface area contributed by atoms with Crippen molar-refractivity contribution in [2.24, 2.45) is 0 Å². The van der Waals surface area contributed by atoms with E-state index in [0.717, 1.165) is 14.9 Å². The third-order valence-corrected chi connectivity index (χ3v) is 3.63. The van der Waals surface area contributed by atoms with Crippen LogP contribution in [-0.4, -0.2) is 10.1 Å². The summed E-state index contributed by atoms with van der Waals surface area (Å²) >= 11 is 10.8. The first-order valence-electron chi connectivity index (χ1n) is 4.66. The molecule has 1 aromatic heterocycles. The van der Waals surface area contributed by atoms with Crippen molar-refractivity contribution in [3.8, 4) is 0 Å². The number of hydrogen-bond donors (Lipinski definition) is 1. The number of thiazole rings is 1. The summed E-state index contributed by atoms with van der Waals surface area (Å²) in [5.74, 6) is 0. The zero-order valence-electron chi connectivity index (χ0n) is 8.23. The molecule has 2 nitrogen and oxygen atoms in total. The van der Waals surface area contributed by atoms with Gasteiger partial charge in [0.15, 0.2) is 0 Å². The van der Waals surface area contributed by atoms with E-state index in [9.17, 15) is 5.11 Å². The van der Waals surface area contributed by atoms with E-state index in [1.807, 2.05) is 6.07 Å². The van der Waals surface area contributed by atoms with Gasteiger partial charge in [0.2, 0.25) is 0 Å². The van der Waals surface area contributed by atoms with Gasteiger partial charge < -0.3 is 5.11 Å². The van der Waals surface area contributed by atoms with Crippen molar-refractivity contribution < 1.29 is 5.11 Å². The molecule has 0 fully saturated rings. The molecule has 16 heavy (non-hydrogen) atoms. The second-order valence-electron chi connectivity index (χ2n) is 3.39. The van der Waals surface area contributed by atoms with E-state index in [1.54, 1.807) is 23.8 Å². The summed E-state index contributed by atoms with van der Waals surface area (Å²) < 4.78 is 0.873. The van der Waals surface area contributed by atoms with E-state index >= 15 is 0 Å². The highest BCUT2D eigenvalue weighted by molar-refractivity contribution is 9.10. The van der Waals surface area contributed by atoms with Crippen LogP contribution in [0.4, 0.5) is 0 Å². The van der Waals surface area contributed by atoms with Crippen molar-refractivity contribution in [1.82, 2.24) is 4.98 Å². The fraction of sp³-hybridized carbons (Fsp3) is 0.182. The Morgan fingerprint density at radius 2 is 2.25 bits per heavy atom. The van der Waals surface area contributed by atoms with Crippen LogP contribution in [0.5, 0.6) is 0 Å². The van der Waals surface area contributed by atoms with Crippen LogP contribution in [0, 0.1) is 0 Å². The Kier molecular flexibility index (Phi) is 3.97. The number of nitrogens with zero attached hydrogens (tertiary/aromatic N) is 1. The normalized spacial score (nSPS) is 12.7. The molecule has 1 heterocycles. The highest BCUT2D eigenvalue weighted by Gasteiger charge is 2.11. The zero-order chi connectivity index (χ0) is 11.5. The Morgan fingerprint density at radius 3 is 2.88 bits per heavy atom. The topological polar surface area (TPSA) is 33.1 Å². The number of benzene rings is 1. The van der Waals surface area contributed by atoms with Crippen LogP contribution in [0.3, 0.4) is 0 Å².